The molecule has 1 fully saturated rings. The van der Waals surface area contributed by atoms with Crippen molar-refractivity contribution < 1.29 is 29.3 Å². The highest BCUT2D eigenvalue weighted by Gasteiger charge is 2.46. The van der Waals surface area contributed by atoms with Gasteiger partial charge in [0.05, 0.1) is 24.9 Å². The Kier molecular flexibility index (Phi) is 10.5. The molecule has 15 nitrogen and oxygen atoms in total. The van der Waals surface area contributed by atoms with Gasteiger partial charge in [-0.15, -0.1) is 0 Å². The van der Waals surface area contributed by atoms with Gasteiger partial charge in [-0.2, -0.15) is 5.10 Å². The van der Waals surface area contributed by atoms with Crippen molar-refractivity contribution in [3.63, 3.8) is 0 Å². The predicted octanol–water partition coefficient (Wildman–Crippen LogP) is 2.13. The summed E-state index contributed by atoms with van der Waals surface area (Å²) in [6.07, 6.45) is 7.29. The number of pyridine rings is 1. The molecule has 50 heavy (non-hydrogen) atoms. The zero-order chi connectivity index (χ0) is 35.3. The minimum absolute atomic E-state index is 0.0168. The van der Waals surface area contributed by atoms with Crippen molar-refractivity contribution >= 4 is 29.3 Å². The second-order valence-electron chi connectivity index (χ2n) is 12.2. The van der Waals surface area contributed by atoms with Gasteiger partial charge in [0.2, 0.25) is 12.3 Å². The number of aryl methyl sites for hydroxylation is 1. The number of benzene rings is 2. The number of aliphatic hydroxyl groups is 2. The fourth-order valence-electron chi connectivity index (χ4n) is 6.22. The number of fused-ring (bicyclic) bond motifs is 1. The molecule has 0 bridgehead atoms. The first-order valence-electron chi connectivity index (χ1n) is 16.2. The molecule has 2 amide bonds. The quantitative estimate of drug-likeness (QED) is 0.128. The number of hydrogen-bond acceptors (Lipinski definition) is 12. The molecule has 15 heteroatoms. The van der Waals surface area contributed by atoms with Crippen LogP contribution in [0, 0.1) is 0 Å². The van der Waals surface area contributed by atoms with Gasteiger partial charge in [0.25, 0.3) is 5.91 Å². The number of aromatic nitrogens is 4. The van der Waals surface area contributed by atoms with E-state index in [4.69, 9.17) is 9.47 Å². The summed E-state index contributed by atoms with van der Waals surface area (Å²) in [5.74, 6) is -1.93. The second-order valence-corrected chi connectivity index (χ2v) is 12.2. The van der Waals surface area contributed by atoms with E-state index in [2.05, 4.69) is 31.2 Å². The summed E-state index contributed by atoms with van der Waals surface area (Å²) >= 11 is 0. The molecular formula is C35H41N9O6. The molecule has 7 rings (SSSR count). The van der Waals surface area contributed by atoms with Crippen molar-refractivity contribution in [2.24, 2.45) is 7.05 Å². The van der Waals surface area contributed by atoms with Crippen LogP contribution in [0.4, 0.5) is 11.4 Å². The van der Waals surface area contributed by atoms with Crippen LogP contribution in [0.5, 0.6) is 5.88 Å². The maximum absolute atomic E-state index is 12.7. The Morgan fingerprint density at radius 2 is 1.86 bits per heavy atom. The van der Waals surface area contributed by atoms with E-state index in [1.165, 1.54) is 9.80 Å². The molecule has 2 aromatic carbocycles. The Balaban J connectivity index is 0.000000187. The first-order chi connectivity index (χ1) is 24.2. The van der Waals surface area contributed by atoms with Gasteiger partial charge in [-0.1, -0.05) is 36.4 Å². The van der Waals surface area contributed by atoms with Gasteiger partial charge in [0.1, 0.15) is 6.33 Å². The molecule has 1 saturated heterocycles. The topological polar surface area (TPSA) is 179 Å². The third-order valence-electron chi connectivity index (χ3n) is 9.06. The summed E-state index contributed by atoms with van der Waals surface area (Å²) < 4.78 is 12.0. The van der Waals surface area contributed by atoms with Crippen LogP contribution in [0.15, 0.2) is 73.2 Å². The number of carbonyl (C=O) groups is 2. The standard InChI is InChI=1S/C21H27N5O4.C14H14N4O2/c1-24-14-22-19(23-24)17-5-3-15(4-6-17)16-7-10-25(11-8-16)20(27)21(28,29)26-12-9-18(13-26)30-2;1-20-13-5-2-9(7-15-13)14-11-6-10(16-8-19)3-4-12(11)17-18-14/h3-7,14,18,28-29H,8-13H2,1-2H3;2-8,14,17-18H,1H3,(H,16,19)/t18-;/m0./s1. The Morgan fingerprint density at radius 3 is 2.48 bits per heavy atom. The molecule has 0 spiro atoms. The number of methoxy groups -OCH3 is 2. The highest BCUT2D eigenvalue weighted by atomic mass is 16.5. The average Bonchev–Trinajstić information content (AvgIpc) is 3.92. The number of hydrazine groups is 1. The molecule has 262 valence electrons. The molecule has 3 aliphatic heterocycles. The molecule has 5 heterocycles. The van der Waals surface area contributed by atoms with Crippen LogP contribution in [0.2, 0.25) is 0 Å². The van der Waals surface area contributed by atoms with Crippen LogP contribution in [0.1, 0.15) is 35.6 Å². The highest BCUT2D eigenvalue weighted by molar-refractivity contribution is 5.84. The molecule has 5 N–H and O–H groups in total. The Bertz CT molecular complexity index is 1830. The van der Waals surface area contributed by atoms with Gasteiger partial charge in [0, 0.05) is 69.4 Å². The van der Waals surface area contributed by atoms with E-state index >= 15 is 0 Å². The van der Waals surface area contributed by atoms with Crippen molar-refractivity contribution in [2.45, 2.75) is 30.9 Å². The summed E-state index contributed by atoms with van der Waals surface area (Å²) in [6.45, 7) is 1.49. The summed E-state index contributed by atoms with van der Waals surface area (Å²) in [7, 11) is 5.00. The summed E-state index contributed by atoms with van der Waals surface area (Å²) in [5.41, 5.74) is 13.3. The number of nitrogens with zero attached hydrogens (tertiary/aromatic N) is 6. The van der Waals surface area contributed by atoms with Gasteiger partial charge in [-0.25, -0.2) is 20.3 Å². The van der Waals surface area contributed by atoms with Crippen LogP contribution in [-0.4, -0.2) is 104 Å². The predicted molar refractivity (Wildman–Crippen MR) is 185 cm³/mol. The Morgan fingerprint density at radius 1 is 1.06 bits per heavy atom. The fourth-order valence-corrected chi connectivity index (χ4v) is 6.22. The molecular weight excluding hydrogens is 642 g/mol. The van der Waals surface area contributed by atoms with E-state index in [9.17, 15) is 19.8 Å². The molecule has 3 aliphatic rings. The molecule has 4 aromatic rings. The number of rotatable bonds is 9. The van der Waals surface area contributed by atoms with E-state index in [0.29, 0.717) is 57.1 Å². The molecule has 0 radical (unpaired) electrons. The van der Waals surface area contributed by atoms with E-state index in [-0.39, 0.29) is 12.1 Å². The lowest BCUT2D eigenvalue weighted by atomic mass is 9.98. The molecule has 1 unspecified atom stereocenters. The summed E-state index contributed by atoms with van der Waals surface area (Å²) in [5, 5.41) is 27.9. The number of likely N-dealkylation sites (tertiary alicyclic amines) is 1. The fraction of sp³-hybridized carbons (Fsp3) is 0.343. The lowest BCUT2D eigenvalue weighted by molar-refractivity contribution is -0.254. The number of amides is 2. The van der Waals surface area contributed by atoms with E-state index in [0.717, 1.165) is 39.2 Å². The SMILES string of the molecule is CO[C@H]1CCN(C(O)(O)C(=O)N2CC=C(c3ccc(-c4ncn(C)n4)cc3)CC2)C1.COc1ccc(C2NNc3ccc(NC=O)cc32)cn1. The van der Waals surface area contributed by atoms with Crippen LogP contribution in [0.3, 0.4) is 0 Å². The first-order valence-corrected chi connectivity index (χ1v) is 16.2. The summed E-state index contributed by atoms with van der Waals surface area (Å²) in [6, 6.07) is 17.5. The average molecular weight is 684 g/mol. The van der Waals surface area contributed by atoms with Crippen molar-refractivity contribution in [1.29, 1.82) is 0 Å². The van der Waals surface area contributed by atoms with Gasteiger partial charge in [-0.3, -0.25) is 14.3 Å². The minimum atomic E-state index is -2.50. The summed E-state index contributed by atoms with van der Waals surface area (Å²) in [4.78, 5) is 34.6. The van der Waals surface area contributed by atoms with Gasteiger partial charge >= 0.3 is 5.91 Å². The van der Waals surface area contributed by atoms with Crippen LogP contribution in [0.25, 0.3) is 17.0 Å². The van der Waals surface area contributed by atoms with Crippen LogP contribution >= 0.6 is 0 Å². The third kappa shape index (κ3) is 7.51. The van der Waals surface area contributed by atoms with Crippen LogP contribution < -0.4 is 20.9 Å². The lowest BCUT2D eigenvalue weighted by Crippen LogP contribution is -2.60. The normalized spacial score (nSPS) is 18.7. The largest absolute Gasteiger partial charge is 0.481 e. The monoisotopic (exact) mass is 683 g/mol. The van der Waals surface area contributed by atoms with E-state index in [1.54, 1.807) is 31.4 Å². The number of anilines is 2. The molecule has 2 aromatic heterocycles. The molecule has 2 atom stereocenters. The molecule has 0 aliphatic carbocycles. The maximum atomic E-state index is 12.7. The number of hydrogen-bond donors (Lipinski definition) is 5. The third-order valence-corrected chi connectivity index (χ3v) is 9.06. The van der Waals surface area contributed by atoms with Crippen molar-refractivity contribution in [3.8, 4) is 17.3 Å². The zero-order valence-corrected chi connectivity index (χ0v) is 28.1. The number of carbonyl (C=O) groups excluding carboxylic acids is 2. The van der Waals surface area contributed by atoms with Crippen LogP contribution in [-0.2, 0) is 21.4 Å². The van der Waals surface area contributed by atoms with Gasteiger partial charge < -0.3 is 35.3 Å². The smallest absolute Gasteiger partial charge is 0.309 e. The van der Waals surface area contributed by atoms with Crippen molar-refractivity contribution in [2.75, 3.05) is 51.1 Å². The van der Waals surface area contributed by atoms with E-state index in [1.807, 2.05) is 67.7 Å². The highest BCUT2D eigenvalue weighted by Crippen LogP contribution is 2.35. The van der Waals surface area contributed by atoms with Gasteiger partial charge in [-0.05, 0) is 47.7 Å². The number of ether oxygens (including phenoxy) is 2. The molecule has 0 saturated carbocycles. The zero-order valence-electron chi connectivity index (χ0n) is 28.1. The first kappa shape index (κ1) is 34.7. The van der Waals surface area contributed by atoms with Crippen molar-refractivity contribution in [1.82, 2.24) is 35.0 Å². The Hall–Kier alpha value is -5.19. The van der Waals surface area contributed by atoms with E-state index < -0.39 is 11.8 Å². The number of nitrogens with one attached hydrogen (secondary N) is 3. The maximum Gasteiger partial charge on any atom is 0.309 e. The van der Waals surface area contributed by atoms with Crippen molar-refractivity contribution in [3.05, 3.63) is 89.9 Å². The van der Waals surface area contributed by atoms with Gasteiger partial charge in [0.15, 0.2) is 5.82 Å². The lowest BCUT2D eigenvalue weighted by Gasteiger charge is -2.36. The Labute approximate surface area is 289 Å². The minimum Gasteiger partial charge on any atom is -0.481 e. The second kappa shape index (κ2) is 15.1.